The van der Waals surface area contributed by atoms with Crippen LogP contribution in [-0.2, 0) is 19.0 Å². The van der Waals surface area contributed by atoms with Crippen LogP contribution in [0.2, 0.25) is 0 Å². The zero-order valence-electron chi connectivity index (χ0n) is 15.1. The Labute approximate surface area is 159 Å². The molecular weight excluding hydrogens is 408 g/mol. The van der Waals surface area contributed by atoms with Gasteiger partial charge >= 0.3 is 11.9 Å². The second kappa shape index (κ2) is 9.05. The van der Waals surface area contributed by atoms with Crippen molar-refractivity contribution in [1.29, 1.82) is 0 Å². The first kappa shape index (κ1) is 20.3. The average Bonchev–Trinajstić information content (AvgIpc) is 2.86. The van der Waals surface area contributed by atoms with Gasteiger partial charge in [0.15, 0.2) is 6.61 Å². The monoisotopic (exact) mass is 428 g/mol. The lowest BCUT2D eigenvalue weighted by Gasteiger charge is -2.10. The largest absolute Gasteiger partial charge is 0.481 e. The van der Waals surface area contributed by atoms with Crippen LogP contribution in [-0.4, -0.2) is 45.0 Å². The number of halogens is 1. The lowest BCUT2D eigenvalue weighted by atomic mass is 10.1. The van der Waals surface area contributed by atoms with Gasteiger partial charge in [0.05, 0.1) is 17.2 Å². The third-order valence-electron chi connectivity index (χ3n) is 3.36. The van der Waals surface area contributed by atoms with Crippen molar-refractivity contribution in [1.82, 2.24) is 0 Å². The molecule has 8 heteroatoms. The van der Waals surface area contributed by atoms with Gasteiger partial charge in [-0.1, -0.05) is 0 Å². The van der Waals surface area contributed by atoms with Crippen molar-refractivity contribution in [2.45, 2.75) is 26.9 Å². The minimum absolute atomic E-state index is 0.141. The molecule has 142 valence electrons. The molecule has 0 atom stereocenters. The Balaban J connectivity index is 2.25. The van der Waals surface area contributed by atoms with Gasteiger partial charge in [0, 0.05) is 12.5 Å². The summed E-state index contributed by atoms with van der Waals surface area (Å²) >= 11 is 3.37. The van der Waals surface area contributed by atoms with Crippen molar-refractivity contribution in [3.8, 4) is 5.75 Å². The summed E-state index contributed by atoms with van der Waals surface area (Å²) < 4.78 is 26.8. The Morgan fingerprint density at radius 3 is 2.62 bits per heavy atom. The van der Waals surface area contributed by atoms with E-state index in [-0.39, 0.29) is 19.3 Å². The van der Waals surface area contributed by atoms with E-state index < -0.39 is 11.9 Å². The number of rotatable bonds is 8. The van der Waals surface area contributed by atoms with Crippen LogP contribution in [0.3, 0.4) is 0 Å². The van der Waals surface area contributed by atoms with E-state index in [1.807, 2.05) is 0 Å². The van der Waals surface area contributed by atoms with Crippen molar-refractivity contribution < 1.29 is 33.0 Å². The minimum Gasteiger partial charge on any atom is -0.481 e. The first-order valence-electron chi connectivity index (χ1n) is 8.04. The maximum absolute atomic E-state index is 12.3. The first-order chi connectivity index (χ1) is 12.3. The third kappa shape index (κ3) is 4.98. The fourth-order valence-electron chi connectivity index (χ4n) is 2.31. The average molecular weight is 429 g/mol. The van der Waals surface area contributed by atoms with Crippen molar-refractivity contribution in [2.75, 3.05) is 26.9 Å². The van der Waals surface area contributed by atoms with Gasteiger partial charge < -0.3 is 23.4 Å². The molecule has 0 fully saturated rings. The molecule has 1 aromatic carbocycles. The summed E-state index contributed by atoms with van der Waals surface area (Å²) in [5, 5.41) is 0.542. The number of esters is 2. The standard InChI is InChI=1S/C18H21BrO7/c1-10(2)25-16(20)9-24-15-7-12-14(8-13(15)19)26-11(3)17(12)18(21)23-6-5-22-4/h7-8,10H,5-6,9H2,1-4H3. The van der Waals surface area contributed by atoms with Crippen molar-refractivity contribution >= 4 is 38.8 Å². The molecule has 0 unspecified atom stereocenters. The highest BCUT2D eigenvalue weighted by molar-refractivity contribution is 9.10. The number of fused-ring (bicyclic) bond motifs is 1. The highest BCUT2D eigenvalue weighted by Crippen LogP contribution is 2.35. The molecule has 0 bridgehead atoms. The second-order valence-electron chi connectivity index (χ2n) is 5.77. The van der Waals surface area contributed by atoms with E-state index in [1.165, 1.54) is 7.11 Å². The van der Waals surface area contributed by atoms with Crippen molar-refractivity contribution in [3.63, 3.8) is 0 Å². The van der Waals surface area contributed by atoms with Crippen LogP contribution in [0, 0.1) is 6.92 Å². The minimum atomic E-state index is -0.509. The van der Waals surface area contributed by atoms with Crippen LogP contribution < -0.4 is 4.74 Å². The molecule has 7 nitrogen and oxygen atoms in total. The Morgan fingerprint density at radius 1 is 1.23 bits per heavy atom. The summed E-state index contributed by atoms with van der Waals surface area (Å²) in [5.41, 5.74) is 0.823. The van der Waals surface area contributed by atoms with E-state index in [9.17, 15) is 9.59 Å². The molecule has 1 aromatic heterocycles. The zero-order valence-corrected chi connectivity index (χ0v) is 16.7. The van der Waals surface area contributed by atoms with Gasteiger partial charge in [0.25, 0.3) is 0 Å². The fraction of sp³-hybridized carbons (Fsp3) is 0.444. The quantitative estimate of drug-likeness (QED) is 0.468. The second-order valence-corrected chi connectivity index (χ2v) is 6.62. The molecule has 0 aliphatic heterocycles. The molecule has 2 aromatic rings. The highest BCUT2D eigenvalue weighted by atomic mass is 79.9. The van der Waals surface area contributed by atoms with E-state index in [1.54, 1.807) is 32.9 Å². The molecule has 0 saturated heterocycles. The first-order valence-corrected chi connectivity index (χ1v) is 8.83. The molecule has 0 aliphatic rings. The van der Waals surface area contributed by atoms with E-state index in [0.717, 1.165) is 0 Å². The molecule has 0 aliphatic carbocycles. The molecule has 0 N–H and O–H groups in total. The smallest absolute Gasteiger partial charge is 0.344 e. The SMILES string of the molecule is COCCOC(=O)c1c(C)oc2cc(Br)c(OCC(=O)OC(C)C)cc12. The van der Waals surface area contributed by atoms with Gasteiger partial charge in [-0.25, -0.2) is 9.59 Å². The maximum Gasteiger partial charge on any atom is 0.344 e. The molecule has 26 heavy (non-hydrogen) atoms. The van der Waals surface area contributed by atoms with Crippen molar-refractivity contribution in [2.24, 2.45) is 0 Å². The topological polar surface area (TPSA) is 84.2 Å². The van der Waals surface area contributed by atoms with Crippen molar-refractivity contribution in [3.05, 3.63) is 27.9 Å². The lowest BCUT2D eigenvalue weighted by Crippen LogP contribution is -2.18. The number of methoxy groups -OCH3 is 1. The van der Waals surface area contributed by atoms with E-state index in [4.69, 9.17) is 23.4 Å². The molecule has 0 spiro atoms. The predicted molar refractivity (Wildman–Crippen MR) is 97.5 cm³/mol. The summed E-state index contributed by atoms with van der Waals surface area (Å²) in [7, 11) is 1.53. The Kier molecular flexibility index (Phi) is 7.05. The molecule has 1 heterocycles. The van der Waals surface area contributed by atoms with E-state index in [0.29, 0.717) is 39.1 Å². The zero-order chi connectivity index (χ0) is 19.3. The molecular formula is C18H21BrO7. The normalized spacial score (nSPS) is 11.0. The lowest BCUT2D eigenvalue weighted by molar-refractivity contribution is -0.149. The van der Waals surface area contributed by atoms with Gasteiger partial charge in [0.1, 0.15) is 29.3 Å². The number of benzene rings is 1. The number of aryl methyl sites for hydroxylation is 1. The van der Waals surface area contributed by atoms with Crippen LogP contribution in [0.5, 0.6) is 5.75 Å². The summed E-state index contributed by atoms with van der Waals surface area (Å²) in [5.74, 6) is -0.156. The summed E-state index contributed by atoms with van der Waals surface area (Å²) in [6.07, 6.45) is -0.220. The predicted octanol–water partition coefficient (Wildman–Crippen LogP) is 3.64. The summed E-state index contributed by atoms with van der Waals surface area (Å²) in [6, 6.07) is 3.31. The molecule has 2 rings (SSSR count). The summed E-state index contributed by atoms with van der Waals surface area (Å²) in [4.78, 5) is 24.0. The number of hydrogen-bond donors (Lipinski definition) is 0. The third-order valence-corrected chi connectivity index (χ3v) is 3.98. The maximum atomic E-state index is 12.3. The number of ether oxygens (including phenoxy) is 4. The fourth-order valence-corrected chi connectivity index (χ4v) is 2.75. The van der Waals surface area contributed by atoms with E-state index >= 15 is 0 Å². The van der Waals surface area contributed by atoms with Crippen LogP contribution in [0.1, 0.15) is 30.0 Å². The van der Waals surface area contributed by atoms with Gasteiger partial charge in [-0.15, -0.1) is 0 Å². The van der Waals surface area contributed by atoms with Gasteiger partial charge in [-0.05, 0) is 48.8 Å². The molecule has 0 saturated carbocycles. The Bertz CT molecular complexity index is 794. The van der Waals surface area contributed by atoms with Crippen LogP contribution in [0.15, 0.2) is 21.0 Å². The number of carbonyl (C=O) groups is 2. The summed E-state index contributed by atoms with van der Waals surface area (Å²) in [6.45, 7) is 5.40. The molecule has 0 amide bonds. The number of furan rings is 1. The Morgan fingerprint density at radius 2 is 1.96 bits per heavy atom. The van der Waals surface area contributed by atoms with Gasteiger partial charge in [-0.2, -0.15) is 0 Å². The van der Waals surface area contributed by atoms with Gasteiger partial charge in [-0.3, -0.25) is 0 Å². The van der Waals surface area contributed by atoms with Crippen LogP contribution >= 0.6 is 15.9 Å². The van der Waals surface area contributed by atoms with Crippen LogP contribution in [0.4, 0.5) is 0 Å². The Hall–Kier alpha value is -2.06. The van der Waals surface area contributed by atoms with Gasteiger partial charge in [0.2, 0.25) is 0 Å². The van der Waals surface area contributed by atoms with E-state index in [2.05, 4.69) is 15.9 Å². The van der Waals surface area contributed by atoms with Crippen LogP contribution in [0.25, 0.3) is 11.0 Å². The number of hydrogen-bond acceptors (Lipinski definition) is 7. The molecule has 0 radical (unpaired) electrons. The highest BCUT2D eigenvalue weighted by Gasteiger charge is 2.22. The number of carbonyl (C=O) groups excluding carboxylic acids is 2.